The van der Waals surface area contributed by atoms with E-state index in [1.807, 2.05) is 57.2 Å². The van der Waals surface area contributed by atoms with Crippen molar-refractivity contribution in [2.24, 2.45) is 5.73 Å². The van der Waals surface area contributed by atoms with E-state index in [1.54, 1.807) is 0 Å². The zero-order valence-corrected chi connectivity index (χ0v) is 12.7. The molecule has 21 heavy (non-hydrogen) atoms. The fourth-order valence-electron chi connectivity index (χ4n) is 2.23. The van der Waals surface area contributed by atoms with Gasteiger partial charge in [-0.15, -0.1) is 0 Å². The van der Waals surface area contributed by atoms with Gasteiger partial charge in [-0.05, 0) is 55.7 Å². The maximum atomic E-state index is 8.89. The Kier molecular flexibility index (Phi) is 4.62. The molecule has 0 heterocycles. The third kappa shape index (κ3) is 3.62. The van der Waals surface area contributed by atoms with Crippen LogP contribution in [0.15, 0.2) is 36.4 Å². The summed E-state index contributed by atoms with van der Waals surface area (Å²) in [5, 5.41) is 8.89. The van der Waals surface area contributed by atoms with E-state index in [0.717, 1.165) is 28.0 Å². The summed E-state index contributed by atoms with van der Waals surface area (Å²) in [5.74, 6) is 0.828. The molecule has 3 nitrogen and oxygen atoms in total. The number of aryl methyl sites for hydroxylation is 2. The molecule has 0 spiro atoms. The molecule has 1 atom stereocenters. The van der Waals surface area contributed by atoms with Gasteiger partial charge in [-0.25, -0.2) is 0 Å². The van der Waals surface area contributed by atoms with Gasteiger partial charge in [0.15, 0.2) is 0 Å². The zero-order valence-electron chi connectivity index (χ0n) is 12.7. The lowest BCUT2D eigenvalue weighted by molar-refractivity contribution is 0.300. The highest BCUT2D eigenvalue weighted by Crippen LogP contribution is 2.26. The van der Waals surface area contributed by atoms with Gasteiger partial charge in [0.25, 0.3) is 0 Å². The molecule has 0 aromatic heterocycles. The van der Waals surface area contributed by atoms with Gasteiger partial charge in [0, 0.05) is 11.6 Å². The lowest BCUT2D eigenvalue weighted by atomic mass is 10.0. The van der Waals surface area contributed by atoms with Gasteiger partial charge in [-0.2, -0.15) is 5.26 Å². The maximum Gasteiger partial charge on any atom is 0.124 e. The van der Waals surface area contributed by atoms with E-state index in [2.05, 4.69) is 6.07 Å². The van der Waals surface area contributed by atoms with Crippen LogP contribution in [-0.4, -0.2) is 0 Å². The number of hydrogen-bond donors (Lipinski definition) is 1. The summed E-state index contributed by atoms with van der Waals surface area (Å²) < 4.78 is 5.96. The summed E-state index contributed by atoms with van der Waals surface area (Å²) in [6, 6.07) is 13.8. The molecule has 0 saturated heterocycles. The Hall–Kier alpha value is -2.31. The quantitative estimate of drug-likeness (QED) is 0.927. The molecule has 0 bridgehead atoms. The minimum absolute atomic E-state index is 0.0670. The molecule has 0 amide bonds. The van der Waals surface area contributed by atoms with Gasteiger partial charge in [0.2, 0.25) is 0 Å². The van der Waals surface area contributed by atoms with Crippen LogP contribution in [0.1, 0.15) is 40.8 Å². The largest absolute Gasteiger partial charge is 0.489 e. The number of nitrogens with zero attached hydrogens (tertiary/aromatic N) is 1. The molecule has 0 fully saturated rings. The summed E-state index contributed by atoms with van der Waals surface area (Å²) in [5.41, 5.74) is 10.9. The van der Waals surface area contributed by atoms with E-state index >= 15 is 0 Å². The first kappa shape index (κ1) is 15.1. The van der Waals surface area contributed by atoms with Gasteiger partial charge in [-0.1, -0.05) is 18.2 Å². The van der Waals surface area contributed by atoms with Crippen molar-refractivity contribution < 1.29 is 4.74 Å². The van der Waals surface area contributed by atoms with Crippen LogP contribution < -0.4 is 10.5 Å². The summed E-state index contributed by atoms with van der Waals surface area (Å²) in [6.45, 7) is 6.44. The van der Waals surface area contributed by atoms with E-state index in [1.165, 1.54) is 0 Å². The monoisotopic (exact) mass is 280 g/mol. The topological polar surface area (TPSA) is 59.0 Å². The zero-order chi connectivity index (χ0) is 15.4. The standard InChI is InChI=1S/C18H20N2O/c1-12-4-7-17(14(3)20)18(8-12)21-11-16-6-5-15(10-19)9-13(16)2/h4-9,14H,11,20H2,1-3H3/t14-/m0/s1. The Morgan fingerprint density at radius 2 is 1.95 bits per heavy atom. The first-order chi connectivity index (χ1) is 10.0. The summed E-state index contributed by atoms with van der Waals surface area (Å²) >= 11 is 0. The summed E-state index contributed by atoms with van der Waals surface area (Å²) in [6.07, 6.45) is 0. The molecule has 0 saturated carbocycles. The highest BCUT2D eigenvalue weighted by atomic mass is 16.5. The SMILES string of the molecule is Cc1ccc([C@H](C)N)c(OCc2ccc(C#N)cc2C)c1. The van der Waals surface area contributed by atoms with Crippen molar-refractivity contribution in [2.45, 2.75) is 33.4 Å². The molecule has 0 aliphatic rings. The second-order valence-electron chi connectivity index (χ2n) is 5.37. The van der Waals surface area contributed by atoms with Crippen LogP contribution in [0.3, 0.4) is 0 Å². The van der Waals surface area contributed by atoms with Gasteiger partial charge in [0.05, 0.1) is 11.6 Å². The van der Waals surface area contributed by atoms with E-state index < -0.39 is 0 Å². The fourth-order valence-corrected chi connectivity index (χ4v) is 2.23. The van der Waals surface area contributed by atoms with Crippen molar-refractivity contribution in [1.29, 1.82) is 5.26 Å². The molecule has 0 aliphatic carbocycles. The third-order valence-electron chi connectivity index (χ3n) is 3.51. The second kappa shape index (κ2) is 6.43. The molecule has 2 rings (SSSR count). The molecular weight excluding hydrogens is 260 g/mol. The van der Waals surface area contributed by atoms with Gasteiger partial charge in [0.1, 0.15) is 12.4 Å². The Labute approximate surface area is 126 Å². The maximum absolute atomic E-state index is 8.89. The predicted octanol–water partition coefficient (Wildman–Crippen LogP) is 3.77. The van der Waals surface area contributed by atoms with E-state index in [9.17, 15) is 0 Å². The molecule has 108 valence electrons. The smallest absolute Gasteiger partial charge is 0.124 e. The Balaban J connectivity index is 2.20. The van der Waals surface area contributed by atoms with E-state index in [0.29, 0.717) is 12.2 Å². The van der Waals surface area contributed by atoms with Gasteiger partial charge in [-0.3, -0.25) is 0 Å². The van der Waals surface area contributed by atoms with Crippen LogP contribution in [0.25, 0.3) is 0 Å². The number of rotatable bonds is 4. The second-order valence-corrected chi connectivity index (χ2v) is 5.37. The van der Waals surface area contributed by atoms with Crippen molar-refractivity contribution in [3.63, 3.8) is 0 Å². The van der Waals surface area contributed by atoms with Crippen molar-refractivity contribution >= 4 is 0 Å². The average molecular weight is 280 g/mol. The number of hydrogen-bond acceptors (Lipinski definition) is 3. The van der Waals surface area contributed by atoms with Crippen LogP contribution in [0.2, 0.25) is 0 Å². The van der Waals surface area contributed by atoms with Gasteiger partial charge < -0.3 is 10.5 Å². The van der Waals surface area contributed by atoms with Crippen molar-refractivity contribution in [3.8, 4) is 11.8 Å². The minimum atomic E-state index is -0.0670. The molecule has 0 radical (unpaired) electrons. The van der Waals surface area contributed by atoms with Crippen LogP contribution in [0.5, 0.6) is 5.75 Å². The van der Waals surface area contributed by atoms with Crippen molar-refractivity contribution in [3.05, 3.63) is 64.2 Å². The molecule has 2 aromatic carbocycles. The Bertz CT molecular complexity index is 684. The first-order valence-corrected chi connectivity index (χ1v) is 7.00. The summed E-state index contributed by atoms with van der Waals surface area (Å²) in [7, 11) is 0. The molecule has 3 heteroatoms. The summed E-state index contributed by atoms with van der Waals surface area (Å²) in [4.78, 5) is 0. The molecule has 0 unspecified atom stereocenters. The number of nitriles is 1. The lowest BCUT2D eigenvalue weighted by Gasteiger charge is -2.15. The molecule has 2 N–H and O–H groups in total. The molecule has 0 aliphatic heterocycles. The van der Waals surface area contributed by atoms with Crippen LogP contribution >= 0.6 is 0 Å². The third-order valence-corrected chi connectivity index (χ3v) is 3.51. The van der Waals surface area contributed by atoms with E-state index in [-0.39, 0.29) is 6.04 Å². The van der Waals surface area contributed by atoms with E-state index in [4.69, 9.17) is 15.7 Å². The van der Waals surface area contributed by atoms with Crippen molar-refractivity contribution in [2.75, 3.05) is 0 Å². The number of ether oxygens (including phenoxy) is 1. The lowest BCUT2D eigenvalue weighted by Crippen LogP contribution is -2.08. The fraction of sp³-hybridized carbons (Fsp3) is 0.278. The highest BCUT2D eigenvalue weighted by Gasteiger charge is 2.09. The molecular formula is C18H20N2O. The highest BCUT2D eigenvalue weighted by molar-refractivity contribution is 5.40. The Morgan fingerprint density at radius 1 is 1.19 bits per heavy atom. The van der Waals surface area contributed by atoms with Crippen LogP contribution in [0.4, 0.5) is 0 Å². The van der Waals surface area contributed by atoms with Crippen LogP contribution in [0, 0.1) is 25.2 Å². The normalized spacial score (nSPS) is 11.8. The van der Waals surface area contributed by atoms with Gasteiger partial charge >= 0.3 is 0 Å². The average Bonchev–Trinajstić information content (AvgIpc) is 2.45. The minimum Gasteiger partial charge on any atom is -0.489 e. The number of nitrogens with two attached hydrogens (primary N) is 1. The number of benzene rings is 2. The van der Waals surface area contributed by atoms with Crippen molar-refractivity contribution in [1.82, 2.24) is 0 Å². The Morgan fingerprint density at radius 3 is 2.57 bits per heavy atom. The predicted molar refractivity (Wildman–Crippen MR) is 84.0 cm³/mol. The molecule has 2 aromatic rings. The van der Waals surface area contributed by atoms with Crippen LogP contribution in [-0.2, 0) is 6.61 Å². The first-order valence-electron chi connectivity index (χ1n) is 7.00.